The summed E-state index contributed by atoms with van der Waals surface area (Å²) in [6.07, 6.45) is 0. The molecule has 0 saturated heterocycles. The van der Waals surface area contributed by atoms with Crippen LogP contribution in [0.3, 0.4) is 0 Å². The maximum absolute atomic E-state index is 3.52. The molecule has 2 aromatic carbocycles. The van der Waals surface area contributed by atoms with E-state index < -0.39 is 0 Å². The van der Waals surface area contributed by atoms with Crippen LogP contribution in [0.4, 0.5) is 5.69 Å². The number of rotatable bonds is 4. The van der Waals surface area contributed by atoms with Crippen LogP contribution in [-0.4, -0.2) is 0 Å². The summed E-state index contributed by atoms with van der Waals surface area (Å²) in [5, 5.41) is 3.52. The van der Waals surface area contributed by atoms with Crippen molar-refractivity contribution in [3.63, 3.8) is 0 Å². The van der Waals surface area contributed by atoms with Crippen LogP contribution in [-0.2, 0) is 6.54 Å². The first-order valence-electron chi connectivity index (χ1n) is 6.96. The predicted octanol–water partition coefficient (Wildman–Crippen LogP) is 5.04. The number of hydrogen-bond donors (Lipinski definition) is 1. The summed E-state index contributed by atoms with van der Waals surface area (Å²) < 4.78 is 0. The van der Waals surface area contributed by atoms with Crippen LogP contribution in [0, 0.1) is 13.8 Å². The van der Waals surface area contributed by atoms with E-state index in [9.17, 15) is 0 Å². The Kier molecular flexibility index (Phi) is 4.26. The predicted molar refractivity (Wildman–Crippen MR) is 83.8 cm³/mol. The molecule has 1 N–H and O–H groups in total. The summed E-state index contributed by atoms with van der Waals surface area (Å²) in [7, 11) is 0. The average Bonchev–Trinajstić information content (AvgIpc) is 2.40. The maximum Gasteiger partial charge on any atom is 0.0403 e. The van der Waals surface area contributed by atoms with Gasteiger partial charge in [0.2, 0.25) is 0 Å². The van der Waals surface area contributed by atoms with E-state index in [1.807, 2.05) is 0 Å². The lowest BCUT2D eigenvalue weighted by atomic mass is 10.0. The van der Waals surface area contributed by atoms with Crippen molar-refractivity contribution in [1.82, 2.24) is 0 Å². The zero-order valence-corrected chi connectivity index (χ0v) is 12.3. The smallest absolute Gasteiger partial charge is 0.0403 e. The van der Waals surface area contributed by atoms with E-state index in [0.717, 1.165) is 6.54 Å². The molecule has 0 heterocycles. The molecule has 2 aromatic rings. The van der Waals surface area contributed by atoms with E-state index in [4.69, 9.17) is 0 Å². The highest BCUT2D eigenvalue weighted by Crippen LogP contribution is 2.19. The zero-order valence-electron chi connectivity index (χ0n) is 12.3. The lowest BCUT2D eigenvalue weighted by Gasteiger charge is -2.12. The number of nitrogens with one attached hydrogen (secondary N) is 1. The molecule has 0 aliphatic heterocycles. The Morgan fingerprint density at radius 1 is 1.00 bits per heavy atom. The van der Waals surface area contributed by atoms with Gasteiger partial charge in [-0.25, -0.2) is 0 Å². The molecule has 19 heavy (non-hydrogen) atoms. The van der Waals surface area contributed by atoms with E-state index in [-0.39, 0.29) is 0 Å². The Morgan fingerprint density at radius 3 is 2.53 bits per heavy atom. The number of hydrogen-bond acceptors (Lipinski definition) is 1. The second-order valence-corrected chi connectivity index (χ2v) is 5.56. The van der Waals surface area contributed by atoms with Gasteiger partial charge < -0.3 is 5.32 Å². The standard InChI is InChI=1S/C18H23N/c1-13(2)16-6-5-7-18(11-16)19-12-17-10-14(3)8-9-15(17)4/h5-11,13,19H,12H2,1-4H3. The highest BCUT2D eigenvalue weighted by molar-refractivity contribution is 5.47. The van der Waals surface area contributed by atoms with Gasteiger partial charge in [-0.1, -0.05) is 49.7 Å². The van der Waals surface area contributed by atoms with Gasteiger partial charge >= 0.3 is 0 Å². The van der Waals surface area contributed by atoms with Crippen LogP contribution >= 0.6 is 0 Å². The quantitative estimate of drug-likeness (QED) is 0.805. The summed E-state index contributed by atoms with van der Waals surface area (Å²) in [5.74, 6) is 0.572. The van der Waals surface area contributed by atoms with Gasteiger partial charge in [0, 0.05) is 12.2 Å². The van der Waals surface area contributed by atoms with Crippen molar-refractivity contribution in [2.24, 2.45) is 0 Å². The fourth-order valence-electron chi connectivity index (χ4n) is 2.20. The van der Waals surface area contributed by atoms with Gasteiger partial charge in [0.15, 0.2) is 0 Å². The zero-order chi connectivity index (χ0) is 13.8. The minimum absolute atomic E-state index is 0.572. The highest BCUT2D eigenvalue weighted by Gasteiger charge is 2.02. The number of anilines is 1. The van der Waals surface area contributed by atoms with Crippen molar-refractivity contribution in [3.8, 4) is 0 Å². The first-order valence-corrected chi connectivity index (χ1v) is 6.96. The molecular formula is C18H23N. The molecule has 0 fully saturated rings. The highest BCUT2D eigenvalue weighted by atomic mass is 14.9. The topological polar surface area (TPSA) is 12.0 Å². The van der Waals surface area contributed by atoms with Gasteiger partial charge in [0.25, 0.3) is 0 Å². The van der Waals surface area contributed by atoms with Gasteiger partial charge in [-0.2, -0.15) is 0 Å². The molecule has 0 bridgehead atoms. The van der Waals surface area contributed by atoms with E-state index >= 15 is 0 Å². The average molecular weight is 253 g/mol. The normalized spacial score (nSPS) is 10.8. The van der Waals surface area contributed by atoms with Crippen LogP contribution < -0.4 is 5.32 Å². The molecule has 0 unspecified atom stereocenters. The minimum atomic E-state index is 0.572. The summed E-state index contributed by atoms with van der Waals surface area (Å²) in [6.45, 7) is 9.64. The lowest BCUT2D eigenvalue weighted by molar-refractivity contribution is 0.866. The molecular weight excluding hydrogens is 230 g/mol. The minimum Gasteiger partial charge on any atom is -0.381 e. The van der Waals surface area contributed by atoms with Crippen molar-refractivity contribution >= 4 is 5.69 Å². The second-order valence-electron chi connectivity index (χ2n) is 5.56. The Hall–Kier alpha value is -1.76. The lowest BCUT2D eigenvalue weighted by Crippen LogP contribution is -2.02. The van der Waals surface area contributed by atoms with Crippen molar-refractivity contribution < 1.29 is 0 Å². The van der Waals surface area contributed by atoms with Crippen LogP contribution in [0.15, 0.2) is 42.5 Å². The fraction of sp³-hybridized carbons (Fsp3) is 0.333. The van der Waals surface area contributed by atoms with Crippen molar-refractivity contribution in [2.45, 2.75) is 40.2 Å². The molecule has 2 rings (SSSR count). The van der Waals surface area contributed by atoms with Crippen LogP contribution in [0.1, 0.15) is 42.0 Å². The molecule has 0 saturated carbocycles. The van der Waals surface area contributed by atoms with E-state index in [1.54, 1.807) is 0 Å². The molecule has 0 aromatic heterocycles. The van der Waals surface area contributed by atoms with E-state index in [0.29, 0.717) is 5.92 Å². The first kappa shape index (κ1) is 13.7. The first-order chi connectivity index (χ1) is 9.06. The fourth-order valence-corrected chi connectivity index (χ4v) is 2.20. The molecule has 0 atom stereocenters. The van der Waals surface area contributed by atoms with Crippen molar-refractivity contribution in [3.05, 3.63) is 64.7 Å². The van der Waals surface area contributed by atoms with E-state index in [2.05, 4.69) is 75.5 Å². The van der Waals surface area contributed by atoms with Crippen molar-refractivity contribution in [1.29, 1.82) is 0 Å². The SMILES string of the molecule is Cc1ccc(C)c(CNc2cccc(C(C)C)c2)c1. The Bertz CT molecular complexity index is 555. The van der Waals surface area contributed by atoms with Crippen LogP contribution in [0.5, 0.6) is 0 Å². The Morgan fingerprint density at radius 2 is 1.79 bits per heavy atom. The summed E-state index contributed by atoms with van der Waals surface area (Å²) >= 11 is 0. The van der Waals surface area contributed by atoms with Crippen LogP contribution in [0.2, 0.25) is 0 Å². The molecule has 0 aliphatic carbocycles. The van der Waals surface area contributed by atoms with Gasteiger partial charge in [0.05, 0.1) is 0 Å². The van der Waals surface area contributed by atoms with Crippen molar-refractivity contribution in [2.75, 3.05) is 5.32 Å². The molecule has 1 nitrogen and oxygen atoms in total. The summed E-state index contributed by atoms with van der Waals surface area (Å²) in [6, 6.07) is 15.3. The van der Waals surface area contributed by atoms with Crippen LogP contribution in [0.25, 0.3) is 0 Å². The monoisotopic (exact) mass is 253 g/mol. The maximum atomic E-state index is 3.52. The Balaban J connectivity index is 2.10. The molecule has 100 valence electrons. The van der Waals surface area contributed by atoms with Gasteiger partial charge in [-0.15, -0.1) is 0 Å². The number of aryl methyl sites for hydroxylation is 2. The largest absolute Gasteiger partial charge is 0.381 e. The third-order valence-electron chi connectivity index (χ3n) is 3.54. The van der Waals surface area contributed by atoms with Gasteiger partial charge in [-0.05, 0) is 48.6 Å². The van der Waals surface area contributed by atoms with E-state index in [1.165, 1.54) is 27.9 Å². The molecule has 0 aliphatic rings. The number of benzene rings is 2. The summed E-state index contributed by atoms with van der Waals surface area (Å²) in [5.41, 5.74) is 6.62. The third kappa shape index (κ3) is 3.60. The molecule has 0 spiro atoms. The Labute approximate surface area is 116 Å². The molecule has 0 amide bonds. The molecule has 0 radical (unpaired) electrons. The summed E-state index contributed by atoms with van der Waals surface area (Å²) in [4.78, 5) is 0. The van der Waals surface area contributed by atoms with Gasteiger partial charge in [0.1, 0.15) is 0 Å². The third-order valence-corrected chi connectivity index (χ3v) is 3.54. The second kappa shape index (κ2) is 5.92. The van der Waals surface area contributed by atoms with Gasteiger partial charge in [-0.3, -0.25) is 0 Å². The molecule has 1 heteroatoms.